The second-order valence-corrected chi connectivity index (χ2v) is 8.55. The summed E-state index contributed by atoms with van der Waals surface area (Å²) >= 11 is 0. The maximum absolute atomic E-state index is 13.6. The number of carbonyl (C=O) groups excluding carboxylic acids is 1. The first kappa shape index (κ1) is 19.7. The molecular weight excluding hydrogens is 366 g/mol. The van der Waals surface area contributed by atoms with Crippen molar-refractivity contribution in [3.63, 3.8) is 0 Å². The minimum atomic E-state index is -1.05. The smallest absolute Gasteiger partial charge is 0.341 e. The van der Waals surface area contributed by atoms with Gasteiger partial charge in [-0.1, -0.05) is 38.0 Å². The zero-order chi connectivity index (χ0) is 20.4. The first-order chi connectivity index (χ1) is 14.0. The molecule has 1 amide bonds. The van der Waals surface area contributed by atoms with Crippen LogP contribution in [0, 0.1) is 11.8 Å². The monoisotopic (exact) mass is 395 g/mol. The van der Waals surface area contributed by atoms with Crippen molar-refractivity contribution in [2.24, 2.45) is 11.8 Å². The van der Waals surface area contributed by atoms with E-state index in [0.717, 1.165) is 57.1 Å². The third-order valence-electron chi connectivity index (χ3n) is 6.47. The number of hydrogen-bond acceptors (Lipinski definition) is 3. The topological polar surface area (TPSA) is 75.4 Å². The van der Waals surface area contributed by atoms with Gasteiger partial charge in [0.05, 0.1) is 5.69 Å². The van der Waals surface area contributed by atoms with Crippen LogP contribution >= 0.6 is 0 Å². The molecule has 0 atom stereocenters. The maximum Gasteiger partial charge on any atom is 0.341 e. The first-order valence-corrected chi connectivity index (χ1v) is 10.8. The second-order valence-electron chi connectivity index (χ2n) is 8.55. The third kappa shape index (κ3) is 4.07. The van der Waals surface area contributed by atoms with E-state index in [0.29, 0.717) is 11.7 Å². The fourth-order valence-corrected chi connectivity index (χ4v) is 4.73. The van der Waals surface area contributed by atoms with Crippen LogP contribution in [0.5, 0.6) is 0 Å². The molecule has 0 saturated heterocycles. The summed E-state index contributed by atoms with van der Waals surface area (Å²) in [6.07, 6.45) is 9.35. The van der Waals surface area contributed by atoms with Crippen molar-refractivity contribution in [1.29, 1.82) is 0 Å². The van der Waals surface area contributed by atoms with Gasteiger partial charge in [0.1, 0.15) is 5.56 Å². The van der Waals surface area contributed by atoms with E-state index in [-0.39, 0.29) is 23.4 Å². The van der Waals surface area contributed by atoms with Crippen molar-refractivity contribution < 1.29 is 14.7 Å². The molecule has 2 aromatic rings. The SMILES string of the molecule is CC1CCC(C(=O)N(c2nn(-c3ccccc3)cc2C(=O)O)C2CCCC2)CC1. The number of nitrogens with zero attached hydrogens (tertiary/aromatic N) is 3. The van der Waals surface area contributed by atoms with Gasteiger partial charge in [0.25, 0.3) is 0 Å². The van der Waals surface area contributed by atoms with E-state index in [4.69, 9.17) is 0 Å². The van der Waals surface area contributed by atoms with Crippen LogP contribution < -0.4 is 4.90 Å². The van der Waals surface area contributed by atoms with Gasteiger partial charge in [0.15, 0.2) is 5.82 Å². The summed E-state index contributed by atoms with van der Waals surface area (Å²) in [4.78, 5) is 27.4. The van der Waals surface area contributed by atoms with Gasteiger partial charge in [-0.25, -0.2) is 9.48 Å². The number of carboxylic acids is 1. The Hall–Kier alpha value is -2.63. The lowest BCUT2D eigenvalue weighted by Crippen LogP contribution is -2.44. The molecule has 1 aromatic carbocycles. The summed E-state index contributed by atoms with van der Waals surface area (Å²) in [6.45, 7) is 2.24. The highest BCUT2D eigenvalue weighted by Gasteiger charge is 2.37. The minimum absolute atomic E-state index is 0.0321. The average Bonchev–Trinajstić information content (AvgIpc) is 3.40. The molecule has 2 saturated carbocycles. The Morgan fingerprint density at radius 1 is 1.03 bits per heavy atom. The molecule has 0 unspecified atom stereocenters. The average molecular weight is 396 g/mol. The molecular formula is C23H29N3O3. The van der Waals surface area contributed by atoms with E-state index in [1.54, 1.807) is 9.58 Å². The maximum atomic E-state index is 13.6. The molecule has 2 aliphatic rings. The van der Waals surface area contributed by atoms with Crippen molar-refractivity contribution in [2.75, 3.05) is 4.90 Å². The Morgan fingerprint density at radius 2 is 1.69 bits per heavy atom. The van der Waals surface area contributed by atoms with Gasteiger partial charge in [-0.05, 0) is 56.6 Å². The Kier molecular flexibility index (Phi) is 5.69. The van der Waals surface area contributed by atoms with E-state index in [1.807, 2.05) is 30.3 Å². The summed E-state index contributed by atoms with van der Waals surface area (Å²) in [7, 11) is 0. The van der Waals surface area contributed by atoms with Gasteiger partial charge in [-0.15, -0.1) is 5.10 Å². The Bertz CT molecular complexity index is 863. The lowest BCUT2D eigenvalue weighted by atomic mass is 9.82. The lowest BCUT2D eigenvalue weighted by molar-refractivity contribution is -0.124. The molecule has 0 radical (unpaired) electrons. The largest absolute Gasteiger partial charge is 0.477 e. The standard InChI is InChI=1S/C23H29N3O3/c1-16-11-13-17(14-12-16)22(27)26(19-9-5-6-10-19)21-20(23(28)29)15-25(24-21)18-7-3-2-4-8-18/h2-4,7-8,15-17,19H,5-6,9-14H2,1H3,(H,28,29). The quantitative estimate of drug-likeness (QED) is 0.798. The number of hydrogen-bond donors (Lipinski definition) is 1. The van der Waals surface area contributed by atoms with Crippen molar-refractivity contribution in [1.82, 2.24) is 9.78 Å². The molecule has 2 aliphatic carbocycles. The van der Waals surface area contributed by atoms with Crippen LogP contribution in [0.1, 0.15) is 68.6 Å². The second kappa shape index (κ2) is 8.39. The number of benzene rings is 1. The molecule has 1 N–H and O–H groups in total. The number of anilines is 1. The number of aromatic carboxylic acids is 1. The summed E-state index contributed by atoms with van der Waals surface area (Å²) < 4.78 is 1.58. The van der Waals surface area contributed by atoms with Gasteiger partial charge >= 0.3 is 5.97 Å². The predicted octanol–water partition coefficient (Wildman–Crippen LogP) is 4.67. The zero-order valence-corrected chi connectivity index (χ0v) is 17.0. The minimum Gasteiger partial charge on any atom is -0.477 e. The molecule has 2 fully saturated rings. The van der Waals surface area contributed by atoms with Crippen LogP contribution in [0.25, 0.3) is 5.69 Å². The highest BCUT2D eigenvalue weighted by molar-refractivity contribution is 6.02. The number of para-hydroxylation sites is 1. The highest BCUT2D eigenvalue weighted by atomic mass is 16.4. The zero-order valence-electron chi connectivity index (χ0n) is 17.0. The summed E-state index contributed by atoms with van der Waals surface area (Å²) in [5, 5.41) is 14.5. The van der Waals surface area contributed by atoms with Gasteiger partial charge in [-0.3, -0.25) is 9.69 Å². The van der Waals surface area contributed by atoms with E-state index >= 15 is 0 Å². The number of rotatable bonds is 5. The molecule has 29 heavy (non-hydrogen) atoms. The normalized spacial score (nSPS) is 22.5. The van der Waals surface area contributed by atoms with Crippen molar-refractivity contribution in [3.05, 3.63) is 42.1 Å². The Balaban J connectivity index is 1.73. The van der Waals surface area contributed by atoms with Gasteiger partial charge in [0, 0.05) is 18.2 Å². The Labute approximate surface area is 171 Å². The fraction of sp³-hybridized carbons (Fsp3) is 0.522. The van der Waals surface area contributed by atoms with Crippen molar-refractivity contribution in [2.45, 2.75) is 64.3 Å². The highest BCUT2D eigenvalue weighted by Crippen LogP contribution is 2.36. The molecule has 0 spiro atoms. The molecule has 0 aliphatic heterocycles. The summed E-state index contributed by atoms with van der Waals surface area (Å²) in [6, 6.07) is 9.49. The lowest BCUT2D eigenvalue weighted by Gasteiger charge is -2.33. The molecule has 6 nitrogen and oxygen atoms in total. The van der Waals surface area contributed by atoms with Crippen LogP contribution in [0.15, 0.2) is 36.5 Å². The molecule has 4 rings (SSSR count). The van der Waals surface area contributed by atoms with E-state index < -0.39 is 5.97 Å². The van der Waals surface area contributed by atoms with Crippen LogP contribution in [0.2, 0.25) is 0 Å². The first-order valence-electron chi connectivity index (χ1n) is 10.8. The molecule has 154 valence electrons. The number of aromatic nitrogens is 2. The number of carbonyl (C=O) groups is 2. The van der Waals surface area contributed by atoms with Crippen LogP contribution in [0.4, 0.5) is 5.82 Å². The van der Waals surface area contributed by atoms with Gasteiger partial charge in [0.2, 0.25) is 5.91 Å². The predicted molar refractivity (Wildman–Crippen MR) is 111 cm³/mol. The fourth-order valence-electron chi connectivity index (χ4n) is 4.73. The third-order valence-corrected chi connectivity index (χ3v) is 6.47. The van der Waals surface area contributed by atoms with E-state index in [2.05, 4.69) is 12.0 Å². The summed E-state index contributed by atoms with van der Waals surface area (Å²) in [5.41, 5.74) is 0.879. The van der Waals surface area contributed by atoms with Crippen LogP contribution in [-0.4, -0.2) is 32.8 Å². The van der Waals surface area contributed by atoms with Crippen LogP contribution in [0.3, 0.4) is 0 Å². The molecule has 1 aromatic heterocycles. The van der Waals surface area contributed by atoms with Gasteiger partial charge in [-0.2, -0.15) is 0 Å². The summed E-state index contributed by atoms with van der Waals surface area (Å²) in [5.74, 6) is -0.0575. The van der Waals surface area contributed by atoms with Crippen molar-refractivity contribution >= 4 is 17.7 Å². The molecule has 6 heteroatoms. The van der Waals surface area contributed by atoms with E-state index in [9.17, 15) is 14.7 Å². The Morgan fingerprint density at radius 3 is 2.31 bits per heavy atom. The van der Waals surface area contributed by atoms with E-state index in [1.165, 1.54) is 6.20 Å². The van der Waals surface area contributed by atoms with Crippen LogP contribution in [-0.2, 0) is 4.79 Å². The molecule has 0 bridgehead atoms. The number of carboxylic acid groups (broad SMARTS) is 1. The van der Waals surface area contributed by atoms with Crippen molar-refractivity contribution in [3.8, 4) is 5.69 Å². The van der Waals surface area contributed by atoms with Gasteiger partial charge < -0.3 is 5.11 Å². The molecule has 1 heterocycles. The number of amides is 1.